The van der Waals surface area contributed by atoms with Gasteiger partial charge in [0.15, 0.2) is 5.82 Å². The lowest BCUT2D eigenvalue weighted by atomic mass is 10.0. The van der Waals surface area contributed by atoms with Crippen molar-refractivity contribution >= 4 is 43.6 Å². The molecule has 9 rings (SSSR count). The molecule has 0 aliphatic rings. The first-order chi connectivity index (χ1) is 21.8. The zero-order valence-corrected chi connectivity index (χ0v) is 23.8. The van der Waals surface area contributed by atoms with Gasteiger partial charge in [-0.1, -0.05) is 97.1 Å². The van der Waals surface area contributed by atoms with Gasteiger partial charge in [0.1, 0.15) is 0 Å². The third-order valence-corrected chi connectivity index (χ3v) is 8.62. The van der Waals surface area contributed by atoms with Crippen molar-refractivity contribution in [3.05, 3.63) is 158 Å². The predicted octanol–water partition coefficient (Wildman–Crippen LogP) is 10.0. The molecule has 0 atom stereocenters. The smallest absolute Gasteiger partial charge is 0.159 e. The minimum atomic E-state index is 0.724. The summed E-state index contributed by atoms with van der Waals surface area (Å²) in [5.74, 6) is 0.724. The highest BCUT2D eigenvalue weighted by Crippen LogP contribution is 2.38. The average molecular weight is 563 g/mol. The van der Waals surface area contributed by atoms with Gasteiger partial charge in [0.25, 0.3) is 0 Å². The summed E-state index contributed by atoms with van der Waals surface area (Å²) in [6.07, 6.45) is 3.84. The Hall–Kier alpha value is -6.00. The number of rotatable bonds is 4. The van der Waals surface area contributed by atoms with Crippen molar-refractivity contribution in [1.29, 1.82) is 0 Å². The zero-order chi connectivity index (χ0) is 29.0. The first-order valence-electron chi connectivity index (χ1n) is 14.8. The van der Waals surface area contributed by atoms with E-state index >= 15 is 0 Å². The van der Waals surface area contributed by atoms with Gasteiger partial charge < -0.3 is 9.13 Å². The Labute approximate surface area is 254 Å². The second-order valence-corrected chi connectivity index (χ2v) is 11.1. The Bertz CT molecular complexity index is 2470. The summed E-state index contributed by atoms with van der Waals surface area (Å²) >= 11 is 0. The lowest BCUT2D eigenvalue weighted by Gasteiger charge is -2.09. The molecular weight excluding hydrogens is 536 g/mol. The maximum atomic E-state index is 4.73. The molecule has 206 valence electrons. The molecule has 0 fully saturated rings. The molecule has 4 heteroatoms. The Balaban J connectivity index is 1.20. The second kappa shape index (κ2) is 9.79. The summed E-state index contributed by atoms with van der Waals surface area (Å²) < 4.78 is 4.62. The number of nitrogens with zero attached hydrogens (tertiary/aromatic N) is 4. The van der Waals surface area contributed by atoms with Gasteiger partial charge in [-0.3, -0.25) is 0 Å². The summed E-state index contributed by atoms with van der Waals surface area (Å²) in [5.41, 5.74) is 10.2. The van der Waals surface area contributed by atoms with Crippen LogP contribution >= 0.6 is 0 Å². The minimum absolute atomic E-state index is 0.724. The van der Waals surface area contributed by atoms with Gasteiger partial charge in [0.05, 0.1) is 40.1 Å². The first kappa shape index (κ1) is 24.6. The molecule has 3 heterocycles. The average Bonchev–Trinajstić information content (AvgIpc) is 3.61. The van der Waals surface area contributed by atoms with Crippen molar-refractivity contribution in [2.75, 3.05) is 0 Å². The largest absolute Gasteiger partial charge is 0.309 e. The molecule has 0 radical (unpaired) electrons. The van der Waals surface area contributed by atoms with Gasteiger partial charge in [-0.15, -0.1) is 0 Å². The summed E-state index contributed by atoms with van der Waals surface area (Å²) in [5, 5.41) is 4.92. The normalized spacial score (nSPS) is 11.6. The number of aromatic nitrogens is 4. The van der Waals surface area contributed by atoms with Crippen molar-refractivity contribution in [2.45, 2.75) is 0 Å². The molecule has 0 aliphatic heterocycles. The molecule has 4 nitrogen and oxygen atoms in total. The number of hydrogen-bond acceptors (Lipinski definition) is 2. The van der Waals surface area contributed by atoms with Crippen LogP contribution in [0.2, 0.25) is 0 Å². The number of hydrogen-bond donors (Lipinski definition) is 0. The summed E-state index contributed by atoms with van der Waals surface area (Å²) in [4.78, 5) is 9.45. The highest BCUT2D eigenvalue weighted by Gasteiger charge is 2.16. The Morgan fingerprint density at radius 1 is 0.341 bits per heavy atom. The van der Waals surface area contributed by atoms with E-state index in [1.165, 1.54) is 49.4 Å². The second-order valence-electron chi connectivity index (χ2n) is 11.1. The van der Waals surface area contributed by atoms with E-state index in [0.717, 1.165) is 28.1 Å². The fourth-order valence-electron chi connectivity index (χ4n) is 6.61. The van der Waals surface area contributed by atoms with Crippen LogP contribution < -0.4 is 0 Å². The monoisotopic (exact) mass is 562 g/mol. The van der Waals surface area contributed by atoms with Gasteiger partial charge in [-0.05, 0) is 59.7 Å². The van der Waals surface area contributed by atoms with Crippen LogP contribution in [0.1, 0.15) is 0 Å². The lowest BCUT2D eigenvalue weighted by molar-refractivity contribution is 1.08. The van der Waals surface area contributed by atoms with E-state index in [1.807, 2.05) is 42.7 Å². The molecule has 0 N–H and O–H groups in total. The quantitative estimate of drug-likeness (QED) is 0.214. The molecule has 0 bridgehead atoms. The van der Waals surface area contributed by atoms with Crippen LogP contribution in [0.3, 0.4) is 0 Å². The molecule has 6 aromatic carbocycles. The van der Waals surface area contributed by atoms with Crippen molar-refractivity contribution in [3.63, 3.8) is 0 Å². The summed E-state index contributed by atoms with van der Waals surface area (Å²) in [7, 11) is 0. The van der Waals surface area contributed by atoms with E-state index in [4.69, 9.17) is 9.97 Å². The van der Waals surface area contributed by atoms with E-state index in [-0.39, 0.29) is 0 Å². The Morgan fingerprint density at radius 3 is 1.36 bits per heavy atom. The fourth-order valence-corrected chi connectivity index (χ4v) is 6.61. The zero-order valence-electron chi connectivity index (χ0n) is 23.8. The van der Waals surface area contributed by atoms with Crippen molar-refractivity contribution in [2.24, 2.45) is 0 Å². The molecule has 3 aromatic heterocycles. The lowest BCUT2D eigenvalue weighted by Crippen LogP contribution is -1.97. The van der Waals surface area contributed by atoms with Gasteiger partial charge in [-0.2, -0.15) is 0 Å². The molecular formula is C40H26N4. The van der Waals surface area contributed by atoms with Crippen LogP contribution in [-0.2, 0) is 0 Å². The van der Waals surface area contributed by atoms with Crippen LogP contribution in [0.15, 0.2) is 158 Å². The topological polar surface area (TPSA) is 35.6 Å². The number of fused-ring (bicyclic) bond motifs is 6. The maximum Gasteiger partial charge on any atom is 0.159 e. The van der Waals surface area contributed by atoms with E-state index in [0.29, 0.717) is 0 Å². The van der Waals surface area contributed by atoms with Gasteiger partial charge in [-0.25, -0.2) is 9.97 Å². The molecule has 0 unspecified atom stereocenters. The van der Waals surface area contributed by atoms with E-state index < -0.39 is 0 Å². The maximum absolute atomic E-state index is 4.73. The number of benzene rings is 6. The molecule has 0 saturated heterocycles. The molecule has 0 aliphatic carbocycles. The molecule has 9 aromatic rings. The van der Waals surface area contributed by atoms with E-state index in [9.17, 15) is 0 Å². The highest BCUT2D eigenvalue weighted by atomic mass is 15.0. The third kappa shape index (κ3) is 3.78. The minimum Gasteiger partial charge on any atom is -0.309 e. The Morgan fingerprint density at radius 2 is 0.795 bits per heavy atom. The van der Waals surface area contributed by atoms with Crippen molar-refractivity contribution in [1.82, 2.24) is 19.1 Å². The SMILES string of the molecule is c1ccc(-c2ncc(-n3c4ccccc4c4cc(-c5ccc6c(c5)c5ccccc5n6-c5ccccc5)ccc43)cn2)cc1. The van der Waals surface area contributed by atoms with E-state index in [1.54, 1.807) is 0 Å². The predicted molar refractivity (Wildman–Crippen MR) is 182 cm³/mol. The molecule has 0 spiro atoms. The van der Waals surface area contributed by atoms with Crippen molar-refractivity contribution in [3.8, 4) is 33.9 Å². The Kier molecular flexibility index (Phi) is 5.47. The van der Waals surface area contributed by atoms with Gasteiger partial charge in [0.2, 0.25) is 0 Å². The molecule has 44 heavy (non-hydrogen) atoms. The van der Waals surface area contributed by atoms with Crippen molar-refractivity contribution < 1.29 is 0 Å². The van der Waals surface area contributed by atoms with Crippen LogP contribution in [-0.4, -0.2) is 19.1 Å². The number of para-hydroxylation sites is 3. The van der Waals surface area contributed by atoms with E-state index in [2.05, 4.69) is 124 Å². The standard InChI is InChI=1S/C40H26N4/c1-3-11-27(12-4-1)40-41-25-31(26-42-40)44-37-18-10-8-16-33(37)35-24-29(20-22-39(35)44)28-19-21-38-34(23-28)32-15-7-9-17-36(32)43(38)30-13-5-2-6-14-30/h1-26H. The highest BCUT2D eigenvalue weighted by molar-refractivity contribution is 6.12. The van der Waals surface area contributed by atoms with Crippen LogP contribution in [0.5, 0.6) is 0 Å². The van der Waals surface area contributed by atoms with Crippen LogP contribution in [0.4, 0.5) is 0 Å². The molecule has 0 saturated carbocycles. The third-order valence-electron chi connectivity index (χ3n) is 8.62. The van der Waals surface area contributed by atoms with Gasteiger partial charge in [0, 0.05) is 32.8 Å². The van der Waals surface area contributed by atoms with Crippen LogP contribution in [0.25, 0.3) is 77.5 Å². The first-order valence-corrected chi connectivity index (χ1v) is 14.8. The molecule has 0 amide bonds. The fraction of sp³-hybridized carbons (Fsp3) is 0. The summed E-state index contributed by atoms with van der Waals surface area (Å²) in [6, 6.07) is 51.6. The van der Waals surface area contributed by atoms with Gasteiger partial charge >= 0.3 is 0 Å². The van der Waals surface area contributed by atoms with Crippen LogP contribution in [0, 0.1) is 0 Å². The summed E-state index contributed by atoms with van der Waals surface area (Å²) in [6.45, 7) is 0.